The maximum Gasteiger partial charge on any atom is 0.0827 e. The predicted molar refractivity (Wildman–Crippen MR) is 51.9 cm³/mol. The largest absolute Gasteiger partial charge is 0.504 e. The average molecular weight is 168 g/mol. The van der Waals surface area contributed by atoms with E-state index in [1.54, 1.807) is 7.11 Å². The van der Waals surface area contributed by atoms with Crippen LogP contribution >= 0.6 is 0 Å². The molecule has 1 saturated carbocycles. The third-order valence-electron chi connectivity index (χ3n) is 3.07. The van der Waals surface area contributed by atoms with Crippen LogP contribution in [0, 0.1) is 10.8 Å². The van der Waals surface area contributed by atoms with Gasteiger partial charge in [0.25, 0.3) is 0 Å². The van der Waals surface area contributed by atoms with Crippen LogP contribution in [-0.4, -0.2) is 7.11 Å². The van der Waals surface area contributed by atoms with Gasteiger partial charge >= 0.3 is 0 Å². The number of allylic oxidation sites excluding steroid dienone is 1. The molecule has 1 fully saturated rings. The lowest BCUT2D eigenvalue weighted by atomic mass is 9.79. The predicted octanol–water partition coefficient (Wildman–Crippen LogP) is 3.36. The van der Waals surface area contributed by atoms with Crippen LogP contribution in [0.5, 0.6) is 0 Å². The fraction of sp³-hybridized carbons (Fsp3) is 0.818. The Labute approximate surface area is 75.8 Å². The quantitative estimate of drug-likeness (QED) is 0.545. The Morgan fingerprint density at radius 3 is 1.83 bits per heavy atom. The van der Waals surface area contributed by atoms with Gasteiger partial charge in [0.2, 0.25) is 0 Å². The van der Waals surface area contributed by atoms with E-state index < -0.39 is 0 Å². The highest BCUT2D eigenvalue weighted by Crippen LogP contribution is 2.53. The molecule has 0 aromatic carbocycles. The van der Waals surface area contributed by atoms with Crippen LogP contribution in [0.1, 0.15) is 40.5 Å². The monoisotopic (exact) mass is 168 g/mol. The van der Waals surface area contributed by atoms with Crippen LogP contribution < -0.4 is 0 Å². The van der Waals surface area contributed by atoms with Gasteiger partial charge in [-0.3, -0.25) is 0 Å². The first kappa shape index (κ1) is 9.63. The van der Waals surface area contributed by atoms with Crippen molar-refractivity contribution >= 4 is 0 Å². The van der Waals surface area contributed by atoms with Gasteiger partial charge in [-0.15, -0.1) is 0 Å². The lowest BCUT2D eigenvalue weighted by Crippen LogP contribution is -2.16. The molecule has 0 spiro atoms. The molecule has 0 aromatic heterocycles. The summed E-state index contributed by atoms with van der Waals surface area (Å²) in [6, 6.07) is 0. The third-order valence-corrected chi connectivity index (χ3v) is 3.07. The number of methoxy groups -OCH3 is 1. The van der Waals surface area contributed by atoms with Crippen LogP contribution in [0.3, 0.4) is 0 Å². The summed E-state index contributed by atoms with van der Waals surface area (Å²) in [5.41, 5.74) is 2.12. The maximum absolute atomic E-state index is 5.13. The molecule has 1 nitrogen and oxygen atoms in total. The van der Waals surface area contributed by atoms with E-state index in [2.05, 4.69) is 27.7 Å². The van der Waals surface area contributed by atoms with E-state index >= 15 is 0 Å². The molecule has 0 atom stereocenters. The minimum absolute atomic E-state index is 0.333. The van der Waals surface area contributed by atoms with Gasteiger partial charge in [-0.25, -0.2) is 0 Å². The summed E-state index contributed by atoms with van der Waals surface area (Å²) in [6.07, 6.45) is 4.48. The van der Waals surface area contributed by atoms with E-state index in [4.69, 9.17) is 4.74 Å². The van der Waals surface area contributed by atoms with E-state index in [0.717, 1.165) is 0 Å². The molecule has 0 amide bonds. The van der Waals surface area contributed by atoms with Crippen LogP contribution in [0.25, 0.3) is 0 Å². The first-order valence-electron chi connectivity index (χ1n) is 4.64. The minimum atomic E-state index is 0.333. The van der Waals surface area contributed by atoms with E-state index in [0.29, 0.717) is 10.8 Å². The van der Waals surface area contributed by atoms with Gasteiger partial charge in [-0.2, -0.15) is 0 Å². The third kappa shape index (κ3) is 1.50. The number of hydrogen-bond acceptors (Lipinski definition) is 1. The average Bonchev–Trinajstić information content (AvgIpc) is 2.13. The van der Waals surface area contributed by atoms with E-state index in [-0.39, 0.29) is 0 Å². The van der Waals surface area contributed by atoms with E-state index in [9.17, 15) is 0 Å². The highest BCUT2D eigenvalue weighted by atomic mass is 16.5. The summed E-state index contributed by atoms with van der Waals surface area (Å²) in [6.45, 7) is 9.19. The van der Waals surface area contributed by atoms with Gasteiger partial charge in [0.1, 0.15) is 0 Å². The van der Waals surface area contributed by atoms with Gasteiger partial charge in [0.15, 0.2) is 0 Å². The summed E-state index contributed by atoms with van der Waals surface area (Å²) in [5, 5.41) is 0. The Hall–Kier alpha value is -0.460. The number of rotatable bonds is 1. The standard InChI is InChI=1S/C11H20O/c1-10(2)6-7-11(3,4)9(10)8-12-5/h8H,6-7H2,1-5H3. The number of ether oxygens (including phenoxy) is 1. The van der Waals surface area contributed by atoms with Gasteiger partial charge in [0, 0.05) is 0 Å². The van der Waals surface area contributed by atoms with Crippen molar-refractivity contribution in [2.75, 3.05) is 7.11 Å². The summed E-state index contributed by atoms with van der Waals surface area (Å²) >= 11 is 0. The van der Waals surface area contributed by atoms with Crippen molar-refractivity contribution < 1.29 is 4.74 Å². The molecule has 0 saturated heterocycles. The fourth-order valence-electron chi connectivity index (χ4n) is 2.25. The normalized spacial score (nSPS) is 25.6. The first-order chi connectivity index (χ1) is 5.40. The zero-order chi connectivity index (χ0) is 9.41. The Kier molecular flexibility index (Phi) is 2.24. The van der Waals surface area contributed by atoms with Gasteiger partial charge < -0.3 is 4.74 Å². The SMILES string of the molecule is COC=C1C(C)(C)CCC1(C)C. The van der Waals surface area contributed by atoms with Crippen molar-refractivity contribution in [2.45, 2.75) is 40.5 Å². The molecule has 0 radical (unpaired) electrons. The molecular formula is C11H20O. The van der Waals surface area contributed by atoms with E-state index in [1.807, 2.05) is 6.26 Å². The van der Waals surface area contributed by atoms with E-state index in [1.165, 1.54) is 18.4 Å². The topological polar surface area (TPSA) is 9.23 Å². The van der Waals surface area contributed by atoms with Crippen molar-refractivity contribution in [3.05, 3.63) is 11.8 Å². The molecule has 1 heteroatoms. The van der Waals surface area contributed by atoms with Gasteiger partial charge in [-0.1, -0.05) is 27.7 Å². The summed E-state index contributed by atoms with van der Waals surface area (Å²) in [4.78, 5) is 0. The molecule has 70 valence electrons. The van der Waals surface area contributed by atoms with Crippen molar-refractivity contribution in [1.29, 1.82) is 0 Å². The van der Waals surface area contributed by atoms with Crippen LogP contribution in [0.4, 0.5) is 0 Å². The summed E-state index contributed by atoms with van der Waals surface area (Å²) in [7, 11) is 1.73. The highest BCUT2D eigenvalue weighted by Gasteiger charge is 2.41. The molecule has 0 aromatic rings. The fourth-order valence-corrected chi connectivity index (χ4v) is 2.25. The molecule has 0 aliphatic heterocycles. The Morgan fingerprint density at radius 2 is 1.50 bits per heavy atom. The maximum atomic E-state index is 5.13. The smallest absolute Gasteiger partial charge is 0.0827 e. The second-order valence-electron chi connectivity index (χ2n) is 5.03. The molecule has 0 N–H and O–H groups in total. The zero-order valence-electron chi connectivity index (χ0n) is 8.90. The molecule has 1 aliphatic rings. The first-order valence-corrected chi connectivity index (χ1v) is 4.64. The lowest BCUT2D eigenvalue weighted by molar-refractivity contribution is 0.307. The Bertz CT molecular complexity index is 181. The molecule has 0 bridgehead atoms. The second-order valence-corrected chi connectivity index (χ2v) is 5.03. The van der Waals surface area contributed by atoms with Crippen molar-refractivity contribution in [2.24, 2.45) is 10.8 Å². The second kappa shape index (κ2) is 2.79. The van der Waals surface area contributed by atoms with Gasteiger partial charge in [-0.05, 0) is 29.2 Å². The van der Waals surface area contributed by atoms with Crippen LogP contribution in [0.2, 0.25) is 0 Å². The van der Waals surface area contributed by atoms with Crippen molar-refractivity contribution in [1.82, 2.24) is 0 Å². The Balaban J connectivity index is 2.97. The molecular weight excluding hydrogens is 148 g/mol. The van der Waals surface area contributed by atoms with Crippen LogP contribution in [-0.2, 0) is 4.74 Å². The van der Waals surface area contributed by atoms with Crippen molar-refractivity contribution in [3.8, 4) is 0 Å². The number of hydrogen-bond donors (Lipinski definition) is 0. The van der Waals surface area contributed by atoms with Crippen molar-refractivity contribution in [3.63, 3.8) is 0 Å². The molecule has 0 unspecified atom stereocenters. The zero-order valence-corrected chi connectivity index (χ0v) is 8.90. The molecule has 12 heavy (non-hydrogen) atoms. The molecule has 1 aliphatic carbocycles. The lowest BCUT2D eigenvalue weighted by Gasteiger charge is -2.26. The highest BCUT2D eigenvalue weighted by molar-refractivity contribution is 5.23. The summed E-state index contributed by atoms with van der Waals surface area (Å²) in [5.74, 6) is 0. The van der Waals surface area contributed by atoms with Gasteiger partial charge in [0.05, 0.1) is 13.4 Å². The molecule has 0 heterocycles. The minimum Gasteiger partial charge on any atom is -0.504 e. The molecule has 1 rings (SSSR count). The van der Waals surface area contributed by atoms with Crippen LogP contribution in [0.15, 0.2) is 11.8 Å². The Morgan fingerprint density at radius 1 is 1.08 bits per heavy atom. The summed E-state index contributed by atoms with van der Waals surface area (Å²) < 4.78 is 5.13.